The molecule has 0 spiro atoms. The molecule has 7 nitrogen and oxygen atoms in total. The quantitative estimate of drug-likeness (QED) is 0.685. The minimum atomic E-state index is -0.352. The maximum absolute atomic E-state index is 12.4. The lowest BCUT2D eigenvalue weighted by Crippen LogP contribution is -2.34. The Bertz CT molecular complexity index is 897. The predicted octanol–water partition coefficient (Wildman–Crippen LogP) is 3.18. The summed E-state index contributed by atoms with van der Waals surface area (Å²) in [5, 5.41) is 8.54. The van der Waals surface area contributed by atoms with Crippen molar-refractivity contribution in [3.8, 4) is 11.5 Å². The number of carbonyl (C=O) groups excluding carboxylic acids is 2. The molecule has 1 aliphatic rings. The van der Waals surface area contributed by atoms with E-state index in [1.54, 1.807) is 42.5 Å². The zero-order valence-corrected chi connectivity index (χ0v) is 16.4. The number of hydrogen-bond acceptors (Lipinski definition) is 5. The highest BCUT2D eigenvalue weighted by Crippen LogP contribution is 2.30. The van der Waals surface area contributed by atoms with Crippen LogP contribution in [0.15, 0.2) is 42.5 Å². The van der Waals surface area contributed by atoms with E-state index in [9.17, 15) is 9.59 Å². The van der Waals surface area contributed by atoms with E-state index >= 15 is 0 Å². The SMILES string of the molecule is CC(C)C(=O)Nc1ccc(NC(=S)NC(=O)c2ccc3c(c2)OCCO3)cc1. The molecule has 0 unspecified atom stereocenters. The van der Waals surface area contributed by atoms with Crippen molar-refractivity contribution < 1.29 is 19.1 Å². The average molecular weight is 399 g/mol. The van der Waals surface area contributed by atoms with Crippen molar-refractivity contribution in [2.45, 2.75) is 13.8 Å². The third-order valence-corrected chi connectivity index (χ3v) is 4.17. The van der Waals surface area contributed by atoms with Crippen LogP contribution in [0.5, 0.6) is 11.5 Å². The van der Waals surface area contributed by atoms with E-state index < -0.39 is 0 Å². The fourth-order valence-corrected chi connectivity index (χ4v) is 2.66. The van der Waals surface area contributed by atoms with E-state index in [4.69, 9.17) is 21.7 Å². The van der Waals surface area contributed by atoms with Crippen LogP contribution in [0.2, 0.25) is 0 Å². The van der Waals surface area contributed by atoms with E-state index in [2.05, 4.69) is 16.0 Å². The molecule has 28 heavy (non-hydrogen) atoms. The molecule has 8 heteroatoms. The maximum Gasteiger partial charge on any atom is 0.257 e. The Morgan fingerprint density at radius 2 is 1.54 bits per heavy atom. The van der Waals surface area contributed by atoms with E-state index in [-0.39, 0.29) is 22.8 Å². The van der Waals surface area contributed by atoms with Crippen molar-refractivity contribution in [2.75, 3.05) is 23.8 Å². The number of benzene rings is 2. The molecule has 2 aromatic carbocycles. The molecule has 0 aromatic heterocycles. The molecule has 0 atom stereocenters. The van der Waals surface area contributed by atoms with Crippen LogP contribution in [0.4, 0.5) is 11.4 Å². The second-order valence-corrected chi connectivity index (χ2v) is 6.90. The molecular formula is C20H21N3O4S. The van der Waals surface area contributed by atoms with Gasteiger partial charge in [-0.05, 0) is 54.7 Å². The summed E-state index contributed by atoms with van der Waals surface area (Å²) in [4.78, 5) is 24.1. The number of ether oxygens (including phenoxy) is 2. The van der Waals surface area contributed by atoms with Crippen LogP contribution in [-0.2, 0) is 4.79 Å². The summed E-state index contributed by atoms with van der Waals surface area (Å²) in [6, 6.07) is 12.0. The standard InChI is InChI=1S/C20H21N3O4S/c1-12(2)18(24)21-14-4-6-15(7-5-14)22-20(28)23-19(25)13-3-8-16-17(11-13)27-10-9-26-16/h3-8,11-12H,9-10H2,1-2H3,(H,21,24)(H2,22,23,25,28). The van der Waals surface area contributed by atoms with Crippen molar-refractivity contribution in [1.29, 1.82) is 0 Å². The molecule has 3 N–H and O–H groups in total. The number of hydrogen-bond donors (Lipinski definition) is 3. The summed E-state index contributed by atoms with van der Waals surface area (Å²) < 4.78 is 10.9. The van der Waals surface area contributed by atoms with Crippen LogP contribution in [0.3, 0.4) is 0 Å². The van der Waals surface area contributed by atoms with Gasteiger partial charge < -0.3 is 20.1 Å². The lowest BCUT2D eigenvalue weighted by atomic mass is 10.2. The first-order valence-corrected chi connectivity index (χ1v) is 9.26. The first kappa shape index (κ1) is 19.6. The summed E-state index contributed by atoms with van der Waals surface area (Å²) >= 11 is 5.20. The fraction of sp³-hybridized carbons (Fsp3) is 0.250. The topological polar surface area (TPSA) is 88.7 Å². The van der Waals surface area contributed by atoms with Crippen molar-refractivity contribution >= 4 is 40.5 Å². The molecule has 2 aromatic rings. The zero-order valence-electron chi connectivity index (χ0n) is 15.6. The van der Waals surface area contributed by atoms with Gasteiger partial charge in [0.05, 0.1) is 0 Å². The third kappa shape index (κ3) is 4.98. The monoisotopic (exact) mass is 399 g/mol. The number of thiocarbonyl (C=S) groups is 1. The van der Waals surface area contributed by atoms with Crippen molar-refractivity contribution in [1.82, 2.24) is 5.32 Å². The van der Waals surface area contributed by atoms with E-state index in [0.717, 1.165) is 0 Å². The van der Waals surface area contributed by atoms with Crippen LogP contribution in [-0.4, -0.2) is 30.1 Å². The van der Waals surface area contributed by atoms with Crippen LogP contribution < -0.4 is 25.4 Å². The van der Waals surface area contributed by atoms with Gasteiger partial charge in [-0.2, -0.15) is 0 Å². The van der Waals surface area contributed by atoms with Crippen molar-refractivity contribution in [3.05, 3.63) is 48.0 Å². The molecule has 0 radical (unpaired) electrons. The Labute approximate surface area is 168 Å². The van der Waals surface area contributed by atoms with Crippen molar-refractivity contribution in [3.63, 3.8) is 0 Å². The zero-order chi connectivity index (χ0) is 20.1. The Balaban J connectivity index is 1.56. The number of rotatable bonds is 4. The molecule has 0 saturated heterocycles. The smallest absolute Gasteiger partial charge is 0.257 e. The molecule has 3 rings (SSSR count). The van der Waals surface area contributed by atoms with Gasteiger partial charge in [0.25, 0.3) is 5.91 Å². The predicted molar refractivity (Wildman–Crippen MR) is 111 cm³/mol. The number of amides is 2. The normalized spacial score (nSPS) is 12.2. The van der Waals surface area contributed by atoms with Gasteiger partial charge in [-0.15, -0.1) is 0 Å². The van der Waals surface area contributed by atoms with E-state index in [0.29, 0.717) is 41.7 Å². The highest BCUT2D eigenvalue weighted by atomic mass is 32.1. The van der Waals surface area contributed by atoms with Gasteiger partial charge in [0.15, 0.2) is 16.6 Å². The van der Waals surface area contributed by atoms with Crippen molar-refractivity contribution in [2.24, 2.45) is 5.92 Å². The summed E-state index contributed by atoms with van der Waals surface area (Å²) in [6.45, 7) is 4.60. The summed E-state index contributed by atoms with van der Waals surface area (Å²) in [5.74, 6) is 0.657. The Kier molecular flexibility index (Phi) is 6.10. The maximum atomic E-state index is 12.4. The Hall–Kier alpha value is -3.13. The molecule has 1 heterocycles. The first-order chi connectivity index (χ1) is 13.4. The summed E-state index contributed by atoms with van der Waals surface area (Å²) in [6.07, 6.45) is 0. The minimum absolute atomic E-state index is 0.0528. The molecule has 0 aliphatic carbocycles. The van der Waals surface area contributed by atoms with Crippen LogP contribution >= 0.6 is 12.2 Å². The highest BCUT2D eigenvalue weighted by molar-refractivity contribution is 7.80. The van der Waals surface area contributed by atoms with Gasteiger partial charge in [-0.25, -0.2) is 0 Å². The van der Waals surface area contributed by atoms with E-state index in [1.165, 1.54) is 0 Å². The van der Waals surface area contributed by atoms with Gasteiger partial charge >= 0.3 is 0 Å². The summed E-state index contributed by atoms with van der Waals surface area (Å²) in [5.41, 5.74) is 1.80. The van der Waals surface area contributed by atoms with Gasteiger partial charge in [0, 0.05) is 22.9 Å². The number of anilines is 2. The average Bonchev–Trinajstić information content (AvgIpc) is 2.68. The van der Waals surface area contributed by atoms with Crippen LogP contribution in [0.1, 0.15) is 24.2 Å². The molecule has 146 valence electrons. The molecule has 0 saturated carbocycles. The molecule has 0 fully saturated rings. The lowest BCUT2D eigenvalue weighted by molar-refractivity contribution is -0.118. The Morgan fingerprint density at radius 3 is 2.18 bits per heavy atom. The van der Waals surface area contributed by atoms with Gasteiger partial charge in [0.1, 0.15) is 13.2 Å². The largest absolute Gasteiger partial charge is 0.486 e. The number of nitrogens with one attached hydrogen (secondary N) is 3. The lowest BCUT2D eigenvalue weighted by Gasteiger charge is -2.18. The highest BCUT2D eigenvalue weighted by Gasteiger charge is 2.15. The second-order valence-electron chi connectivity index (χ2n) is 6.49. The van der Waals surface area contributed by atoms with Crippen LogP contribution in [0.25, 0.3) is 0 Å². The summed E-state index contributed by atoms with van der Waals surface area (Å²) in [7, 11) is 0. The molecule has 0 bridgehead atoms. The molecular weight excluding hydrogens is 378 g/mol. The minimum Gasteiger partial charge on any atom is -0.486 e. The van der Waals surface area contributed by atoms with Gasteiger partial charge in [-0.3, -0.25) is 14.9 Å². The Morgan fingerprint density at radius 1 is 0.929 bits per heavy atom. The molecule has 1 aliphatic heterocycles. The number of fused-ring (bicyclic) bond motifs is 1. The first-order valence-electron chi connectivity index (χ1n) is 8.85. The number of carbonyl (C=O) groups is 2. The fourth-order valence-electron chi connectivity index (χ4n) is 2.45. The van der Waals surface area contributed by atoms with Crippen LogP contribution in [0, 0.1) is 5.92 Å². The third-order valence-electron chi connectivity index (χ3n) is 3.97. The van der Waals surface area contributed by atoms with Gasteiger partial charge in [0.2, 0.25) is 5.91 Å². The van der Waals surface area contributed by atoms with Gasteiger partial charge in [-0.1, -0.05) is 13.8 Å². The molecule has 2 amide bonds. The van der Waals surface area contributed by atoms with E-state index in [1.807, 2.05) is 13.8 Å². The second kappa shape index (κ2) is 8.71.